The van der Waals surface area contributed by atoms with Crippen LogP contribution in [0.5, 0.6) is 0 Å². The average molecular weight is 389 g/mol. The van der Waals surface area contributed by atoms with Crippen LogP contribution in [0.4, 0.5) is 11.5 Å². The third-order valence-corrected chi connectivity index (χ3v) is 4.68. The molecule has 2 aromatic heterocycles. The number of halogens is 1. The molecule has 0 aliphatic carbocycles. The van der Waals surface area contributed by atoms with Gasteiger partial charge in [-0.3, -0.25) is 9.78 Å². The van der Waals surface area contributed by atoms with Gasteiger partial charge in [0.2, 0.25) is 0 Å². The van der Waals surface area contributed by atoms with Crippen molar-refractivity contribution in [2.45, 2.75) is 6.54 Å². The molecular formula is C22H17ClN4O. The SMILES string of the molecule is O=C(NCc1ccccc1Cl)c1ccnc(Nc2cccc3cccnc23)c1. The van der Waals surface area contributed by atoms with Gasteiger partial charge in [-0.25, -0.2) is 4.98 Å². The van der Waals surface area contributed by atoms with E-state index in [2.05, 4.69) is 20.6 Å². The third-order valence-electron chi connectivity index (χ3n) is 4.31. The lowest BCUT2D eigenvalue weighted by atomic mass is 10.2. The molecule has 6 heteroatoms. The Morgan fingerprint density at radius 1 is 0.929 bits per heavy atom. The van der Waals surface area contributed by atoms with Crippen LogP contribution in [-0.4, -0.2) is 15.9 Å². The van der Waals surface area contributed by atoms with Crippen molar-refractivity contribution in [3.05, 3.63) is 95.3 Å². The number of nitrogens with zero attached hydrogens (tertiary/aromatic N) is 2. The maximum absolute atomic E-state index is 12.5. The minimum absolute atomic E-state index is 0.193. The first kappa shape index (κ1) is 17.9. The van der Waals surface area contributed by atoms with E-state index in [-0.39, 0.29) is 5.91 Å². The number of amides is 1. The molecule has 2 N–H and O–H groups in total. The van der Waals surface area contributed by atoms with Crippen LogP contribution in [0.15, 0.2) is 79.1 Å². The van der Waals surface area contributed by atoms with E-state index in [0.717, 1.165) is 22.2 Å². The first-order chi connectivity index (χ1) is 13.7. The highest BCUT2D eigenvalue weighted by Gasteiger charge is 2.09. The van der Waals surface area contributed by atoms with E-state index in [1.165, 1.54) is 0 Å². The lowest BCUT2D eigenvalue weighted by molar-refractivity contribution is 0.0951. The number of carbonyl (C=O) groups excluding carboxylic acids is 1. The summed E-state index contributed by atoms with van der Waals surface area (Å²) in [4.78, 5) is 21.3. The molecule has 2 aromatic carbocycles. The van der Waals surface area contributed by atoms with Crippen LogP contribution >= 0.6 is 11.6 Å². The van der Waals surface area contributed by atoms with Gasteiger partial charge in [-0.15, -0.1) is 0 Å². The Bertz CT molecular complexity index is 1140. The topological polar surface area (TPSA) is 66.9 Å². The van der Waals surface area contributed by atoms with Gasteiger partial charge in [-0.1, -0.05) is 48.0 Å². The zero-order chi connectivity index (χ0) is 19.3. The molecule has 0 radical (unpaired) electrons. The van der Waals surface area contributed by atoms with Crippen molar-refractivity contribution in [1.82, 2.24) is 15.3 Å². The first-order valence-electron chi connectivity index (χ1n) is 8.79. The van der Waals surface area contributed by atoms with E-state index in [1.54, 1.807) is 30.6 Å². The largest absolute Gasteiger partial charge is 0.348 e. The molecular weight excluding hydrogens is 372 g/mol. The van der Waals surface area contributed by atoms with Crippen molar-refractivity contribution in [2.75, 3.05) is 5.32 Å². The number of rotatable bonds is 5. The molecule has 0 saturated carbocycles. The summed E-state index contributed by atoms with van der Waals surface area (Å²) in [7, 11) is 0. The van der Waals surface area contributed by atoms with Gasteiger partial charge in [0.15, 0.2) is 0 Å². The van der Waals surface area contributed by atoms with Crippen molar-refractivity contribution < 1.29 is 4.79 Å². The lowest BCUT2D eigenvalue weighted by Crippen LogP contribution is -2.23. The molecule has 1 amide bonds. The Kier molecular flexibility index (Phi) is 5.17. The van der Waals surface area contributed by atoms with Gasteiger partial charge in [0, 0.05) is 34.9 Å². The zero-order valence-electron chi connectivity index (χ0n) is 14.9. The number of benzene rings is 2. The van der Waals surface area contributed by atoms with E-state index in [1.807, 2.05) is 48.5 Å². The predicted octanol–water partition coefficient (Wildman–Crippen LogP) is 4.96. The van der Waals surface area contributed by atoms with Crippen molar-refractivity contribution in [2.24, 2.45) is 0 Å². The van der Waals surface area contributed by atoms with Crippen molar-refractivity contribution in [1.29, 1.82) is 0 Å². The fourth-order valence-corrected chi connectivity index (χ4v) is 3.11. The van der Waals surface area contributed by atoms with Crippen molar-refractivity contribution in [3.63, 3.8) is 0 Å². The monoisotopic (exact) mass is 388 g/mol. The molecule has 0 saturated heterocycles. The minimum atomic E-state index is -0.193. The minimum Gasteiger partial charge on any atom is -0.348 e. The summed E-state index contributed by atoms with van der Waals surface area (Å²) in [6.45, 7) is 0.358. The van der Waals surface area contributed by atoms with Crippen molar-refractivity contribution in [3.8, 4) is 0 Å². The molecule has 0 aliphatic heterocycles. The van der Waals surface area contributed by atoms with E-state index < -0.39 is 0 Å². The van der Waals surface area contributed by atoms with Crippen LogP contribution in [0, 0.1) is 0 Å². The number of fused-ring (bicyclic) bond motifs is 1. The van der Waals surface area contributed by atoms with Gasteiger partial charge in [0.05, 0.1) is 11.2 Å². The Morgan fingerprint density at radius 2 is 1.79 bits per heavy atom. The van der Waals surface area contributed by atoms with Gasteiger partial charge in [-0.2, -0.15) is 0 Å². The highest BCUT2D eigenvalue weighted by molar-refractivity contribution is 6.31. The van der Waals surface area contributed by atoms with Crippen LogP contribution in [0.25, 0.3) is 10.9 Å². The van der Waals surface area contributed by atoms with E-state index >= 15 is 0 Å². The normalized spacial score (nSPS) is 10.6. The number of aromatic nitrogens is 2. The van der Waals surface area contributed by atoms with Crippen molar-refractivity contribution >= 4 is 39.9 Å². The fourth-order valence-electron chi connectivity index (χ4n) is 2.90. The summed E-state index contributed by atoms with van der Waals surface area (Å²) in [5, 5.41) is 7.79. The van der Waals surface area contributed by atoms with Gasteiger partial charge in [-0.05, 0) is 35.9 Å². The Morgan fingerprint density at radius 3 is 2.68 bits per heavy atom. The number of pyridine rings is 2. The molecule has 28 heavy (non-hydrogen) atoms. The zero-order valence-corrected chi connectivity index (χ0v) is 15.6. The standard InChI is InChI=1S/C22H17ClN4O/c23-18-8-2-1-5-17(18)14-26-22(28)16-10-12-24-20(13-16)27-19-9-3-6-15-7-4-11-25-21(15)19/h1-13H,14H2,(H,24,27)(H,26,28). The fraction of sp³-hybridized carbons (Fsp3) is 0.0455. The molecule has 0 bridgehead atoms. The number of para-hydroxylation sites is 1. The second-order valence-corrected chi connectivity index (χ2v) is 6.62. The quantitative estimate of drug-likeness (QED) is 0.507. The highest BCUT2D eigenvalue weighted by atomic mass is 35.5. The molecule has 0 unspecified atom stereocenters. The number of hydrogen-bond acceptors (Lipinski definition) is 4. The second-order valence-electron chi connectivity index (χ2n) is 6.21. The van der Waals surface area contributed by atoms with E-state index in [4.69, 9.17) is 11.6 Å². The third kappa shape index (κ3) is 3.94. The summed E-state index contributed by atoms with van der Waals surface area (Å²) in [5.41, 5.74) is 3.06. The van der Waals surface area contributed by atoms with Crippen LogP contribution in [0.3, 0.4) is 0 Å². The van der Waals surface area contributed by atoms with Crippen LogP contribution in [0.2, 0.25) is 5.02 Å². The maximum atomic E-state index is 12.5. The first-order valence-corrected chi connectivity index (χ1v) is 9.17. The maximum Gasteiger partial charge on any atom is 0.251 e. The summed E-state index contributed by atoms with van der Waals surface area (Å²) < 4.78 is 0. The number of anilines is 2. The summed E-state index contributed by atoms with van der Waals surface area (Å²) in [6, 6.07) is 20.6. The molecule has 138 valence electrons. The van der Waals surface area contributed by atoms with Gasteiger partial charge in [0.1, 0.15) is 5.82 Å². The van der Waals surface area contributed by atoms with E-state index in [9.17, 15) is 4.79 Å². The smallest absolute Gasteiger partial charge is 0.251 e. The molecule has 0 aliphatic rings. The van der Waals surface area contributed by atoms with Gasteiger partial charge >= 0.3 is 0 Å². The Hall–Kier alpha value is -3.44. The Labute approximate surface area is 167 Å². The van der Waals surface area contributed by atoms with Crippen LogP contribution < -0.4 is 10.6 Å². The van der Waals surface area contributed by atoms with Gasteiger partial charge < -0.3 is 10.6 Å². The van der Waals surface area contributed by atoms with E-state index in [0.29, 0.717) is 22.9 Å². The molecule has 4 rings (SSSR count). The molecule has 5 nitrogen and oxygen atoms in total. The Balaban J connectivity index is 1.51. The molecule has 4 aromatic rings. The van der Waals surface area contributed by atoms with Crippen LogP contribution in [0.1, 0.15) is 15.9 Å². The molecule has 0 spiro atoms. The predicted molar refractivity (Wildman–Crippen MR) is 112 cm³/mol. The van der Waals surface area contributed by atoms with Gasteiger partial charge in [0.25, 0.3) is 5.91 Å². The summed E-state index contributed by atoms with van der Waals surface area (Å²) >= 11 is 6.14. The highest BCUT2D eigenvalue weighted by Crippen LogP contribution is 2.24. The summed E-state index contributed by atoms with van der Waals surface area (Å²) in [5.74, 6) is 0.380. The molecule has 2 heterocycles. The number of hydrogen-bond donors (Lipinski definition) is 2. The number of nitrogens with one attached hydrogen (secondary N) is 2. The summed E-state index contributed by atoms with van der Waals surface area (Å²) in [6.07, 6.45) is 3.35. The average Bonchev–Trinajstić information content (AvgIpc) is 2.73. The lowest BCUT2D eigenvalue weighted by Gasteiger charge is -2.10. The second kappa shape index (κ2) is 8.06. The van der Waals surface area contributed by atoms with Crippen LogP contribution in [-0.2, 0) is 6.54 Å². The number of carbonyl (C=O) groups is 1. The molecule has 0 atom stereocenters. The molecule has 0 fully saturated rings.